The van der Waals surface area contributed by atoms with E-state index in [0.717, 1.165) is 53.2 Å². The minimum absolute atomic E-state index is 0. The van der Waals surface area contributed by atoms with E-state index < -0.39 is 0 Å². The lowest BCUT2D eigenvalue weighted by molar-refractivity contribution is -0.0655. The molecule has 15 aliphatic rings. The summed E-state index contributed by atoms with van der Waals surface area (Å²) in [5, 5.41) is 0. The van der Waals surface area contributed by atoms with Gasteiger partial charge in [0.2, 0.25) is 0 Å². The van der Waals surface area contributed by atoms with Crippen LogP contribution in [0.15, 0.2) is 225 Å². The molecule has 5 aliphatic heterocycles. The zero-order valence-corrected chi connectivity index (χ0v) is 71.1. The predicted molar refractivity (Wildman–Crippen MR) is 513 cm³/mol. The molecule has 7 aromatic carbocycles. The van der Waals surface area contributed by atoms with Crippen molar-refractivity contribution in [3.05, 3.63) is 280 Å². The fraction of sp³-hybridized carbons (Fsp3) is 0.491. The van der Waals surface area contributed by atoms with Gasteiger partial charge in [0.15, 0.2) is 0 Å². The van der Waals surface area contributed by atoms with Crippen LogP contribution in [0.4, 0.5) is 57.3 Å². The highest BCUT2D eigenvalue weighted by Crippen LogP contribution is 2.71. The third kappa shape index (κ3) is 13.7. The van der Waals surface area contributed by atoms with Crippen LogP contribution in [0.1, 0.15) is 270 Å². The van der Waals surface area contributed by atoms with Crippen molar-refractivity contribution in [3.63, 3.8) is 0 Å². The van der Waals surface area contributed by atoms with Crippen molar-refractivity contribution < 1.29 is 0 Å². The quantitative estimate of drug-likeness (QED) is 0.169. The first-order valence-corrected chi connectivity index (χ1v) is 45.2. The first-order valence-electron chi connectivity index (χ1n) is 45.2. The maximum absolute atomic E-state index is 4.94. The Kier molecular flexibility index (Phi) is 25.0. The van der Waals surface area contributed by atoms with Crippen LogP contribution in [0.2, 0.25) is 0 Å². The highest BCUT2D eigenvalue weighted by Gasteiger charge is 2.67. The molecule has 634 valence electrons. The lowest BCUT2D eigenvalue weighted by atomic mass is 9.42. The molecular formula is C112H146N8. The lowest BCUT2D eigenvalue weighted by Crippen LogP contribution is -2.60. The van der Waals surface area contributed by atoms with Gasteiger partial charge in [-0.3, -0.25) is 0 Å². The molecule has 3 aromatic heterocycles. The molecule has 0 amide bonds. The van der Waals surface area contributed by atoms with E-state index in [0.29, 0.717) is 51.9 Å². The highest BCUT2D eigenvalue weighted by atomic mass is 15.3. The van der Waals surface area contributed by atoms with E-state index in [1.807, 2.05) is 24.7 Å². The zero-order chi connectivity index (χ0) is 78.9. The summed E-state index contributed by atoms with van der Waals surface area (Å²) < 4.78 is 0. The molecule has 4 spiro atoms. The maximum Gasteiger partial charge on any atom is 0.137 e. The summed E-state index contributed by atoms with van der Waals surface area (Å²) in [5.41, 5.74) is 25.5. The normalized spacial score (nSPS) is 28.8. The molecule has 5 unspecified atom stereocenters. The molecule has 0 saturated heterocycles. The van der Waals surface area contributed by atoms with Crippen LogP contribution in [0.5, 0.6) is 0 Å². The minimum Gasteiger partial charge on any atom is -0.337 e. The first kappa shape index (κ1) is 87.3. The van der Waals surface area contributed by atoms with Crippen molar-refractivity contribution in [2.24, 2.45) is 47.3 Å². The third-order valence-electron chi connectivity index (χ3n) is 33.4. The number of benzene rings is 7. The van der Waals surface area contributed by atoms with Gasteiger partial charge in [-0.2, -0.15) is 0 Å². The molecule has 25 rings (SSSR count). The molecule has 8 nitrogen and oxygen atoms in total. The van der Waals surface area contributed by atoms with Crippen molar-refractivity contribution in [1.29, 1.82) is 0 Å². The number of aryl methyl sites for hydroxylation is 5. The Labute approximate surface area is 725 Å². The molecule has 5 atom stereocenters. The van der Waals surface area contributed by atoms with E-state index in [1.165, 1.54) is 219 Å². The van der Waals surface area contributed by atoms with E-state index in [4.69, 9.17) is 9.97 Å². The van der Waals surface area contributed by atoms with Gasteiger partial charge in [-0.05, 0) is 306 Å². The van der Waals surface area contributed by atoms with Gasteiger partial charge in [-0.1, -0.05) is 235 Å². The molecule has 8 heteroatoms. The summed E-state index contributed by atoms with van der Waals surface area (Å²) in [6.45, 7) is 27.9. The fourth-order valence-electron chi connectivity index (χ4n) is 28.2. The van der Waals surface area contributed by atoms with E-state index in [2.05, 4.69) is 313 Å². The van der Waals surface area contributed by atoms with Crippen LogP contribution in [0.3, 0.4) is 0 Å². The molecule has 10 saturated carbocycles. The Morgan fingerprint density at radius 3 is 0.908 bits per heavy atom. The number of hydrogen-bond acceptors (Lipinski definition) is 8. The topological polar surface area (TPSA) is 54.9 Å². The van der Waals surface area contributed by atoms with Gasteiger partial charge in [0.1, 0.15) is 17.5 Å². The van der Waals surface area contributed by atoms with E-state index in [-0.39, 0.29) is 42.5 Å². The van der Waals surface area contributed by atoms with Gasteiger partial charge >= 0.3 is 0 Å². The van der Waals surface area contributed by atoms with Gasteiger partial charge in [-0.15, -0.1) is 0 Å². The Hall–Kier alpha value is -9.01. The van der Waals surface area contributed by atoms with Crippen LogP contribution in [-0.2, 0) is 27.1 Å². The first-order chi connectivity index (χ1) is 55.9. The average molecular weight is 1600 g/mol. The number of aromatic nitrogens is 3. The van der Waals surface area contributed by atoms with Crippen molar-refractivity contribution >= 4 is 57.3 Å². The van der Waals surface area contributed by atoms with E-state index >= 15 is 0 Å². The van der Waals surface area contributed by atoms with Crippen LogP contribution in [0.25, 0.3) is 0 Å². The second-order valence-electron chi connectivity index (χ2n) is 39.0. The monoisotopic (exact) mass is 1600 g/mol. The van der Waals surface area contributed by atoms with Crippen LogP contribution in [0, 0.1) is 82.0 Å². The van der Waals surface area contributed by atoms with Gasteiger partial charge < -0.3 is 24.5 Å². The van der Waals surface area contributed by atoms with Gasteiger partial charge in [0, 0.05) is 132 Å². The second-order valence-corrected chi connectivity index (χ2v) is 39.0. The van der Waals surface area contributed by atoms with E-state index in [1.54, 1.807) is 16.7 Å². The molecule has 10 aromatic rings. The molecule has 8 bridgehead atoms. The molecule has 0 N–H and O–H groups in total. The fourth-order valence-corrected chi connectivity index (χ4v) is 28.2. The second kappa shape index (κ2) is 34.4. The highest BCUT2D eigenvalue weighted by molar-refractivity contribution is 5.80. The number of rotatable bonds is 5. The maximum atomic E-state index is 4.94. The minimum atomic E-state index is 0. The Balaban J connectivity index is 0.000000122. The number of hydrogen-bond donors (Lipinski definition) is 0. The van der Waals surface area contributed by atoms with Crippen molar-refractivity contribution in [3.8, 4) is 0 Å². The molecular weight excluding hydrogens is 1460 g/mol. The summed E-state index contributed by atoms with van der Waals surface area (Å²) in [7, 11) is 0. The zero-order valence-electron chi connectivity index (χ0n) is 71.1. The number of para-hydroxylation sites is 7. The number of fused-ring (bicyclic) bond motifs is 7. The Bertz CT molecular complexity index is 4890. The van der Waals surface area contributed by atoms with Gasteiger partial charge in [0.25, 0.3) is 0 Å². The van der Waals surface area contributed by atoms with Crippen LogP contribution in [-0.4, -0.2) is 45.2 Å². The molecule has 8 heterocycles. The SMILES string of the molecule is C.C.C.C.C.Cc1ccccc1N1c2ccccc2C2(C3CC4CC(C3)CC2C4)C1C.Cc1ccccc1N1c2ccccc2C2(CCCCC2)C1C.Cc1ccccc1N1c2ncccc2C(C)(C)C1C.Cc1ccccc1N1c2ncccc2C2(C3CC4CC(C3)CC2C4)C1C.Cc1ccccc1N1c2ncccc2C2(CCCCC2)C1C. The van der Waals surface area contributed by atoms with Crippen molar-refractivity contribution in [2.45, 2.75) is 306 Å². The molecule has 10 fully saturated rings. The molecule has 10 aliphatic carbocycles. The van der Waals surface area contributed by atoms with Crippen LogP contribution < -0.4 is 24.5 Å². The summed E-state index contributed by atoms with van der Waals surface area (Å²) in [6, 6.07) is 78.2. The summed E-state index contributed by atoms with van der Waals surface area (Å²) in [5.74, 6) is 11.1. The van der Waals surface area contributed by atoms with Gasteiger partial charge in [0.05, 0.1) is 0 Å². The van der Waals surface area contributed by atoms with Crippen molar-refractivity contribution in [1.82, 2.24) is 15.0 Å². The Morgan fingerprint density at radius 1 is 0.250 bits per heavy atom. The third-order valence-corrected chi connectivity index (χ3v) is 33.4. The summed E-state index contributed by atoms with van der Waals surface area (Å²) in [4.78, 5) is 27.1. The largest absolute Gasteiger partial charge is 0.337 e. The van der Waals surface area contributed by atoms with E-state index in [9.17, 15) is 0 Å². The standard InChI is InChI=1S/C25H29N.C24H28N2.C21H25N.C20H24N2.C17H20N2.5CH4/c1-16-7-3-5-9-23(16)26-17(2)25(22-8-4-6-10-24(22)26)20-12-18-11-19(14-20)15-21(25)13-18;1-15-6-3-4-8-22(15)26-16(2)24(21-7-5-9-25-23(21)26)19-11-17-10-18(13-19)14-20(24)12-17;1-16-10-4-6-12-19(16)22-17(2)21(14-8-3-9-15-21)18-11-5-7-13-20(18)22;1-15-9-4-5-11-18(15)22-16(2)20(12-6-3-7-13-20)17-10-8-14-21-19(17)22;1-12-8-5-6-10-15(12)19-13(2)17(3,4)14-9-7-11-18-16(14)19;;;;;/h3-10,17-21H,11-15H2,1-2H3;3-9,16-20H,10-14H2,1-2H3;4-7,10-13,17H,3,8-9,14-15H2,1-2H3;4-5,8-11,14,16H,3,6-7,12-13H2,1-2H3;5-11,13H,1-4H3;5*1H4. The predicted octanol–water partition coefficient (Wildman–Crippen LogP) is 30.1. The van der Waals surface area contributed by atoms with Gasteiger partial charge in [-0.25, -0.2) is 15.0 Å². The van der Waals surface area contributed by atoms with Crippen molar-refractivity contribution in [2.75, 3.05) is 24.5 Å². The number of nitrogens with zero attached hydrogens (tertiary/aromatic N) is 8. The number of pyridine rings is 3. The summed E-state index contributed by atoms with van der Waals surface area (Å²) in [6.07, 6.45) is 34.1. The molecule has 120 heavy (non-hydrogen) atoms. The smallest absolute Gasteiger partial charge is 0.137 e. The molecule has 0 radical (unpaired) electrons. The number of anilines is 10. The summed E-state index contributed by atoms with van der Waals surface area (Å²) >= 11 is 0. The lowest BCUT2D eigenvalue weighted by Gasteiger charge is -2.62. The average Bonchev–Trinajstić information content (AvgIpc) is 1.47. The Morgan fingerprint density at radius 2 is 0.508 bits per heavy atom. The van der Waals surface area contributed by atoms with Crippen LogP contribution >= 0.6 is 0 Å².